The Bertz CT molecular complexity index is 4030. The molecule has 0 saturated heterocycles. The SMILES string of the molecule is [2H]c1c([2H])c([2H])c(-c2c([2H])c(-c3c([2H])c([2H])c4c([2H])c([2H])c([2H])c5c4c3Oc3c([2H])c([2H])c([2H])c([2H])c3-5)c([2H])c(-c3c([2H])c([2H])c4c([2H])c([2H])c5c([2H])c([2H])c([2H])c6c([2H])c([2H])c3c4c56)c2[2H])c([2H])c1[2H]. The number of benzene rings is 9. The number of rotatable bonds is 3. The maximum Gasteiger partial charge on any atom is 0.143 e. The summed E-state index contributed by atoms with van der Waals surface area (Å²) in [5, 5.41) is -3.66. The summed E-state index contributed by atoms with van der Waals surface area (Å²) < 4.78 is 241. The van der Waals surface area contributed by atoms with Gasteiger partial charge in [0.2, 0.25) is 0 Å². The summed E-state index contributed by atoms with van der Waals surface area (Å²) in [6, 6.07) is -22.9. The molecular weight excluding hydrogens is 544 g/mol. The minimum atomic E-state index is -1.07. The van der Waals surface area contributed by atoms with Gasteiger partial charge in [0.25, 0.3) is 0 Å². The molecule has 9 aromatic rings. The number of fused-ring (bicyclic) bond motifs is 2. The van der Waals surface area contributed by atoms with Gasteiger partial charge in [-0.2, -0.15) is 0 Å². The Morgan fingerprint density at radius 3 is 1.76 bits per heavy atom. The Hall–Kier alpha value is -5.92. The smallest absolute Gasteiger partial charge is 0.143 e. The molecule has 1 heteroatoms. The highest BCUT2D eigenvalue weighted by Crippen LogP contribution is 2.51. The van der Waals surface area contributed by atoms with Crippen LogP contribution in [0.3, 0.4) is 0 Å². The van der Waals surface area contributed by atoms with E-state index in [0.717, 1.165) is 0 Å². The van der Waals surface area contributed by atoms with Crippen LogP contribution in [0.2, 0.25) is 0 Å². The summed E-state index contributed by atoms with van der Waals surface area (Å²) in [5.41, 5.74) is -6.01. The van der Waals surface area contributed by atoms with E-state index in [1.165, 1.54) is 0 Å². The van der Waals surface area contributed by atoms with Crippen LogP contribution >= 0.6 is 0 Å². The fourth-order valence-corrected chi connectivity index (χ4v) is 5.62. The summed E-state index contributed by atoms with van der Waals surface area (Å²) >= 11 is 0. The van der Waals surface area contributed by atoms with Gasteiger partial charge in [-0.25, -0.2) is 0 Å². The van der Waals surface area contributed by atoms with Crippen LogP contribution in [0.4, 0.5) is 0 Å². The highest BCUT2D eigenvalue weighted by Gasteiger charge is 2.23. The lowest BCUT2D eigenvalue weighted by Gasteiger charge is -2.24. The van der Waals surface area contributed by atoms with E-state index in [2.05, 4.69) is 0 Å². The molecule has 0 saturated carbocycles. The first-order valence-corrected chi connectivity index (χ1v) is 13.4. The predicted octanol–water partition coefficient (Wildman–Crippen LogP) is 12.5. The van der Waals surface area contributed by atoms with Crippen molar-refractivity contribution in [1.29, 1.82) is 0 Å². The van der Waals surface area contributed by atoms with E-state index < -0.39 is 245 Å². The third-order valence-electron chi connectivity index (χ3n) is 7.56. The van der Waals surface area contributed by atoms with Crippen molar-refractivity contribution in [2.75, 3.05) is 0 Å². The molecule has 0 amide bonds. The van der Waals surface area contributed by atoms with E-state index in [1.54, 1.807) is 0 Å². The second-order valence-electron chi connectivity index (χ2n) is 10.0. The van der Waals surface area contributed by atoms with Gasteiger partial charge in [0.1, 0.15) is 11.5 Å². The third-order valence-corrected chi connectivity index (χ3v) is 7.56. The fourth-order valence-electron chi connectivity index (χ4n) is 5.62. The molecule has 9 aromatic carbocycles. The van der Waals surface area contributed by atoms with E-state index in [9.17, 15) is 12.3 Å². The molecule has 0 spiro atoms. The van der Waals surface area contributed by atoms with Crippen LogP contribution in [0.5, 0.6) is 11.5 Å². The molecule has 0 aromatic heterocycles. The number of hydrogen-bond acceptors (Lipinski definition) is 1. The highest BCUT2D eigenvalue weighted by molar-refractivity contribution is 6.25. The first-order valence-electron chi connectivity index (χ1n) is 26.4. The molecule has 45 heavy (non-hydrogen) atoms. The van der Waals surface area contributed by atoms with Gasteiger partial charge in [-0.3, -0.25) is 0 Å². The Labute approximate surface area is 297 Å². The molecule has 0 atom stereocenters. The molecular formula is C44H26O. The zero-order chi connectivity index (χ0) is 52.1. The van der Waals surface area contributed by atoms with Crippen molar-refractivity contribution in [3.8, 4) is 56.0 Å². The van der Waals surface area contributed by atoms with Crippen LogP contribution in [-0.2, 0) is 0 Å². The van der Waals surface area contributed by atoms with Gasteiger partial charge in [0, 0.05) is 16.5 Å². The van der Waals surface area contributed by atoms with Crippen LogP contribution in [0.15, 0.2) is 157 Å². The van der Waals surface area contributed by atoms with E-state index in [1.807, 2.05) is 0 Å². The lowest BCUT2D eigenvalue weighted by Crippen LogP contribution is -1.99. The number of para-hydroxylation sites is 1. The Balaban J connectivity index is 1.51. The average molecular weight is 597 g/mol. The third kappa shape index (κ3) is 3.62. The predicted molar refractivity (Wildman–Crippen MR) is 189 cm³/mol. The van der Waals surface area contributed by atoms with Crippen LogP contribution in [0.25, 0.3) is 87.6 Å². The summed E-state index contributed by atoms with van der Waals surface area (Å²) in [6.45, 7) is 0. The molecule has 1 aliphatic heterocycles. The first kappa shape index (κ1) is 10.3. The molecule has 1 aliphatic rings. The van der Waals surface area contributed by atoms with Gasteiger partial charge in [-0.05, 0) is 101 Å². The van der Waals surface area contributed by atoms with Crippen molar-refractivity contribution in [1.82, 2.24) is 0 Å². The second kappa shape index (κ2) is 9.29. The second-order valence-corrected chi connectivity index (χ2v) is 10.0. The van der Waals surface area contributed by atoms with E-state index in [-0.39, 0.29) is 10.8 Å². The standard InChI is InChI=1S/C44H26O/c1-2-8-27(9-3-1)32-24-33(35-21-18-31-17-16-28-10-6-11-29-20-23-39(35)42(31)41(28)29)26-34(25-32)36-22-19-30-12-7-14-38-37-13-4-5-15-40(37)45-44(36)43(30)38/h1-26H/i1D,2D,3D,4D,5D,6D,7D,8D,9D,10D,11D,12D,13D,14D,15D,16D,17D,18D,19D,20D,21D,22D,23D,24D,25D,26D. The number of hydrogen-bond donors (Lipinski definition) is 0. The zero-order valence-corrected chi connectivity index (χ0v) is 22.4. The van der Waals surface area contributed by atoms with Gasteiger partial charge in [0.15, 0.2) is 0 Å². The molecule has 1 nitrogen and oxygen atoms in total. The van der Waals surface area contributed by atoms with E-state index in [4.69, 9.17) is 28.0 Å². The normalized spacial score (nSPS) is 20.3. The van der Waals surface area contributed by atoms with E-state index >= 15 is 0 Å². The van der Waals surface area contributed by atoms with Gasteiger partial charge >= 0.3 is 0 Å². The molecule has 0 fully saturated rings. The Morgan fingerprint density at radius 2 is 0.933 bits per heavy atom. The zero-order valence-electron chi connectivity index (χ0n) is 48.4. The molecule has 0 radical (unpaired) electrons. The van der Waals surface area contributed by atoms with E-state index in [0.29, 0.717) is 0 Å². The molecule has 10 rings (SSSR count). The fraction of sp³-hybridized carbons (Fsp3) is 0. The molecule has 0 bridgehead atoms. The Kier molecular flexibility index (Phi) is 2.13. The maximum atomic E-state index is 10.0. The topological polar surface area (TPSA) is 9.23 Å². The molecule has 0 unspecified atom stereocenters. The van der Waals surface area contributed by atoms with Crippen molar-refractivity contribution in [2.45, 2.75) is 0 Å². The van der Waals surface area contributed by atoms with Crippen molar-refractivity contribution >= 4 is 43.1 Å². The summed E-state index contributed by atoms with van der Waals surface area (Å²) in [6.07, 6.45) is 0. The maximum absolute atomic E-state index is 10.0. The van der Waals surface area contributed by atoms with Gasteiger partial charge in [-0.1, -0.05) is 127 Å². The number of ether oxygens (including phenoxy) is 1. The first-order chi connectivity index (χ1) is 33.2. The average Bonchev–Trinajstić information content (AvgIpc) is 3.33. The molecule has 1 heterocycles. The highest BCUT2D eigenvalue weighted by atomic mass is 16.5. The molecule has 0 aliphatic carbocycles. The van der Waals surface area contributed by atoms with Crippen molar-refractivity contribution in [2.24, 2.45) is 0 Å². The lowest BCUT2D eigenvalue weighted by atomic mass is 9.86. The molecule has 0 N–H and O–H groups in total. The largest absolute Gasteiger partial charge is 0.455 e. The van der Waals surface area contributed by atoms with Gasteiger partial charge < -0.3 is 4.74 Å². The van der Waals surface area contributed by atoms with Crippen molar-refractivity contribution < 1.29 is 40.4 Å². The van der Waals surface area contributed by atoms with Crippen LogP contribution in [-0.4, -0.2) is 0 Å². The quantitative estimate of drug-likeness (QED) is 0.184. The summed E-state index contributed by atoms with van der Waals surface area (Å²) in [4.78, 5) is 0. The summed E-state index contributed by atoms with van der Waals surface area (Å²) in [7, 11) is 0. The van der Waals surface area contributed by atoms with Crippen LogP contribution in [0.1, 0.15) is 35.6 Å². The van der Waals surface area contributed by atoms with Gasteiger partial charge in [0.05, 0.1) is 35.6 Å². The monoisotopic (exact) mass is 596 g/mol. The summed E-state index contributed by atoms with van der Waals surface area (Å²) in [5.74, 6) is -1.40. The lowest BCUT2D eigenvalue weighted by molar-refractivity contribution is 0.489. The van der Waals surface area contributed by atoms with Crippen LogP contribution < -0.4 is 4.74 Å². The van der Waals surface area contributed by atoms with Crippen molar-refractivity contribution in [3.63, 3.8) is 0 Å². The van der Waals surface area contributed by atoms with Crippen LogP contribution in [0, 0.1) is 0 Å². The molecule has 208 valence electrons. The van der Waals surface area contributed by atoms with Crippen molar-refractivity contribution in [3.05, 3.63) is 157 Å². The van der Waals surface area contributed by atoms with Gasteiger partial charge in [-0.15, -0.1) is 0 Å². The minimum absolute atomic E-state index is 0.319. The minimum Gasteiger partial charge on any atom is -0.455 e. The Morgan fingerprint density at radius 1 is 0.356 bits per heavy atom.